The largest absolute Gasteiger partial charge is 0.310 e. The number of nitrogens with one attached hydrogen (secondary N) is 2. The SMILES string of the molecule is Cc1cc(CNC2CC2)cc(S(=O)(=O)NCC2CC2)c1Br. The van der Waals surface area contributed by atoms with Crippen LogP contribution in [0.5, 0.6) is 0 Å². The molecule has 2 fully saturated rings. The summed E-state index contributed by atoms with van der Waals surface area (Å²) in [7, 11) is -3.44. The third kappa shape index (κ3) is 4.06. The normalized spacial score (nSPS) is 19.0. The minimum atomic E-state index is -3.44. The van der Waals surface area contributed by atoms with E-state index in [-0.39, 0.29) is 0 Å². The van der Waals surface area contributed by atoms with Gasteiger partial charge in [-0.25, -0.2) is 13.1 Å². The van der Waals surface area contributed by atoms with Gasteiger partial charge in [0.05, 0.1) is 4.90 Å². The number of aryl methyl sites for hydroxylation is 1. The molecule has 4 nitrogen and oxygen atoms in total. The maximum atomic E-state index is 12.5. The molecule has 0 bridgehead atoms. The van der Waals surface area contributed by atoms with Crippen molar-refractivity contribution in [2.75, 3.05) is 6.54 Å². The minimum absolute atomic E-state index is 0.357. The quantitative estimate of drug-likeness (QED) is 0.773. The summed E-state index contributed by atoms with van der Waals surface area (Å²) < 4.78 is 28.4. The summed E-state index contributed by atoms with van der Waals surface area (Å²) >= 11 is 3.43. The Balaban J connectivity index is 1.80. The van der Waals surface area contributed by atoms with E-state index < -0.39 is 10.0 Å². The Hall–Kier alpha value is -0.430. The van der Waals surface area contributed by atoms with Crippen LogP contribution in [-0.4, -0.2) is 21.0 Å². The Labute approximate surface area is 134 Å². The van der Waals surface area contributed by atoms with Crippen molar-refractivity contribution in [1.29, 1.82) is 0 Å². The van der Waals surface area contributed by atoms with E-state index in [1.807, 2.05) is 13.0 Å². The van der Waals surface area contributed by atoms with Gasteiger partial charge in [0.15, 0.2) is 0 Å². The van der Waals surface area contributed by atoms with Crippen molar-refractivity contribution in [3.8, 4) is 0 Å². The fraction of sp³-hybridized carbons (Fsp3) is 0.600. The van der Waals surface area contributed by atoms with E-state index >= 15 is 0 Å². The predicted octanol–water partition coefficient (Wildman–Crippen LogP) is 2.70. The van der Waals surface area contributed by atoms with Crippen molar-refractivity contribution in [2.24, 2.45) is 5.92 Å². The fourth-order valence-corrected chi connectivity index (χ4v) is 4.47. The number of rotatable bonds is 7. The molecule has 1 aromatic carbocycles. The number of hydrogen-bond donors (Lipinski definition) is 2. The Bertz CT molecular complexity index is 637. The van der Waals surface area contributed by atoms with E-state index in [0.717, 1.165) is 30.5 Å². The van der Waals surface area contributed by atoms with Crippen molar-refractivity contribution in [1.82, 2.24) is 10.0 Å². The number of sulfonamides is 1. The van der Waals surface area contributed by atoms with Gasteiger partial charge in [0, 0.05) is 23.6 Å². The summed E-state index contributed by atoms with van der Waals surface area (Å²) in [4.78, 5) is 0.357. The lowest BCUT2D eigenvalue weighted by molar-refractivity contribution is 0.576. The van der Waals surface area contributed by atoms with E-state index in [1.54, 1.807) is 6.07 Å². The fourth-order valence-electron chi connectivity index (χ4n) is 2.28. The maximum absolute atomic E-state index is 12.5. The molecule has 2 aliphatic rings. The van der Waals surface area contributed by atoms with Gasteiger partial charge in [0.1, 0.15) is 0 Å². The molecule has 0 amide bonds. The Morgan fingerprint density at radius 3 is 2.57 bits per heavy atom. The second-order valence-corrected chi connectivity index (χ2v) is 8.70. The molecule has 116 valence electrons. The monoisotopic (exact) mass is 372 g/mol. The van der Waals surface area contributed by atoms with Crippen LogP contribution in [0.15, 0.2) is 21.5 Å². The second kappa shape index (κ2) is 5.99. The number of hydrogen-bond acceptors (Lipinski definition) is 3. The highest BCUT2D eigenvalue weighted by Crippen LogP contribution is 2.30. The summed E-state index contributed by atoms with van der Waals surface area (Å²) in [5, 5.41) is 3.43. The molecule has 0 atom stereocenters. The topological polar surface area (TPSA) is 58.2 Å². The molecule has 1 aromatic rings. The summed E-state index contributed by atoms with van der Waals surface area (Å²) in [5.41, 5.74) is 1.98. The third-order valence-electron chi connectivity index (χ3n) is 4.00. The van der Waals surface area contributed by atoms with Gasteiger partial charge in [-0.15, -0.1) is 0 Å². The highest BCUT2D eigenvalue weighted by Gasteiger charge is 2.26. The van der Waals surface area contributed by atoms with Crippen molar-refractivity contribution < 1.29 is 8.42 Å². The van der Waals surface area contributed by atoms with Crippen molar-refractivity contribution in [3.63, 3.8) is 0 Å². The van der Waals surface area contributed by atoms with Crippen LogP contribution in [0.4, 0.5) is 0 Å². The van der Waals surface area contributed by atoms with Crippen molar-refractivity contribution in [3.05, 3.63) is 27.7 Å². The van der Waals surface area contributed by atoms with E-state index in [0.29, 0.717) is 27.9 Å². The summed E-state index contributed by atoms with van der Waals surface area (Å²) in [6, 6.07) is 4.43. The first kappa shape index (κ1) is 15.5. The van der Waals surface area contributed by atoms with Gasteiger partial charge in [-0.3, -0.25) is 0 Å². The second-order valence-electron chi connectivity index (χ2n) is 6.18. The molecule has 0 aliphatic heterocycles. The zero-order chi connectivity index (χ0) is 15.0. The number of halogens is 1. The Morgan fingerprint density at radius 1 is 1.24 bits per heavy atom. The average Bonchev–Trinajstić information content (AvgIpc) is 3.31. The van der Waals surface area contributed by atoms with Crippen molar-refractivity contribution >= 4 is 26.0 Å². The van der Waals surface area contributed by atoms with Crippen LogP contribution in [-0.2, 0) is 16.6 Å². The molecular formula is C15H21BrN2O2S. The minimum Gasteiger partial charge on any atom is -0.310 e. The molecular weight excluding hydrogens is 352 g/mol. The van der Waals surface area contributed by atoms with Gasteiger partial charge in [0.25, 0.3) is 0 Å². The van der Waals surface area contributed by atoms with Crippen LogP contribution < -0.4 is 10.0 Å². The first-order valence-electron chi connectivity index (χ1n) is 7.48. The third-order valence-corrected chi connectivity index (χ3v) is 6.76. The molecule has 2 saturated carbocycles. The van der Waals surface area contributed by atoms with Gasteiger partial charge in [-0.2, -0.15) is 0 Å². The standard InChI is InChI=1S/C15H21BrN2O2S/c1-10-6-12(8-17-13-4-5-13)7-14(15(10)16)21(19,20)18-9-11-2-3-11/h6-7,11,13,17-18H,2-5,8-9H2,1H3. The molecule has 3 rings (SSSR count). The Kier molecular flexibility index (Phi) is 4.41. The first-order chi connectivity index (χ1) is 9.95. The maximum Gasteiger partial charge on any atom is 0.241 e. The zero-order valence-electron chi connectivity index (χ0n) is 12.2. The van der Waals surface area contributed by atoms with Crippen LogP contribution in [0.3, 0.4) is 0 Å². The molecule has 0 heterocycles. The van der Waals surface area contributed by atoms with E-state index in [9.17, 15) is 8.42 Å². The van der Waals surface area contributed by atoms with E-state index in [1.165, 1.54) is 12.8 Å². The first-order valence-corrected chi connectivity index (χ1v) is 9.75. The van der Waals surface area contributed by atoms with Gasteiger partial charge in [-0.1, -0.05) is 6.07 Å². The molecule has 2 N–H and O–H groups in total. The highest BCUT2D eigenvalue weighted by molar-refractivity contribution is 9.10. The molecule has 21 heavy (non-hydrogen) atoms. The lowest BCUT2D eigenvalue weighted by Gasteiger charge is -2.13. The molecule has 6 heteroatoms. The van der Waals surface area contributed by atoms with Gasteiger partial charge >= 0.3 is 0 Å². The average molecular weight is 373 g/mol. The van der Waals surface area contributed by atoms with Gasteiger partial charge < -0.3 is 5.32 Å². The van der Waals surface area contributed by atoms with Crippen LogP contribution in [0, 0.1) is 12.8 Å². The summed E-state index contributed by atoms with van der Waals surface area (Å²) in [6.45, 7) is 3.22. The predicted molar refractivity (Wildman–Crippen MR) is 86.7 cm³/mol. The summed E-state index contributed by atoms with van der Waals surface area (Å²) in [6.07, 6.45) is 4.72. The smallest absolute Gasteiger partial charge is 0.241 e. The zero-order valence-corrected chi connectivity index (χ0v) is 14.6. The Morgan fingerprint density at radius 2 is 1.95 bits per heavy atom. The van der Waals surface area contributed by atoms with Crippen LogP contribution >= 0.6 is 15.9 Å². The van der Waals surface area contributed by atoms with E-state index in [2.05, 4.69) is 26.0 Å². The lowest BCUT2D eigenvalue weighted by Crippen LogP contribution is -2.26. The molecule has 0 spiro atoms. The van der Waals surface area contributed by atoms with Crippen LogP contribution in [0.25, 0.3) is 0 Å². The van der Waals surface area contributed by atoms with Crippen molar-refractivity contribution in [2.45, 2.75) is 50.1 Å². The molecule has 0 unspecified atom stereocenters. The lowest BCUT2D eigenvalue weighted by atomic mass is 10.1. The molecule has 0 aromatic heterocycles. The van der Waals surface area contributed by atoms with Crippen LogP contribution in [0.1, 0.15) is 36.8 Å². The van der Waals surface area contributed by atoms with Gasteiger partial charge in [0.2, 0.25) is 10.0 Å². The van der Waals surface area contributed by atoms with E-state index in [4.69, 9.17) is 0 Å². The molecule has 0 radical (unpaired) electrons. The summed E-state index contributed by atoms with van der Waals surface area (Å²) in [5.74, 6) is 0.527. The molecule has 0 saturated heterocycles. The molecule has 2 aliphatic carbocycles. The highest BCUT2D eigenvalue weighted by atomic mass is 79.9. The number of benzene rings is 1. The van der Waals surface area contributed by atoms with Gasteiger partial charge in [-0.05, 0) is 71.6 Å². The van der Waals surface area contributed by atoms with Crippen LogP contribution in [0.2, 0.25) is 0 Å².